The number of fused-ring (bicyclic) bond motifs is 1. The Bertz CT molecular complexity index is 723. The molecule has 2 heterocycles. The predicted molar refractivity (Wildman–Crippen MR) is 99.8 cm³/mol. The summed E-state index contributed by atoms with van der Waals surface area (Å²) in [5.74, 6) is 0.604. The van der Waals surface area contributed by atoms with Gasteiger partial charge in [0.2, 0.25) is 5.91 Å². The van der Waals surface area contributed by atoms with Crippen LogP contribution in [0.4, 0.5) is 0 Å². The van der Waals surface area contributed by atoms with Gasteiger partial charge in [-0.1, -0.05) is 13.8 Å². The Balaban J connectivity index is 0.00000208. The molecule has 0 saturated carbocycles. The number of hydrogen-bond donors (Lipinski definition) is 1. The molecule has 1 unspecified atom stereocenters. The largest absolute Gasteiger partial charge is 0.464 e. The van der Waals surface area contributed by atoms with Gasteiger partial charge in [-0.3, -0.25) is 4.79 Å². The maximum absolute atomic E-state index is 12.6. The van der Waals surface area contributed by atoms with Gasteiger partial charge in [0, 0.05) is 30.1 Å². The van der Waals surface area contributed by atoms with Crippen molar-refractivity contribution in [2.45, 2.75) is 52.0 Å². The number of benzene rings is 1. The number of aryl methyl sites for hydroxylation is 1. The van der Waals surface area contributed by atoms with Gasteiger partial charge in [-0.2, -0.15) is 0 Å². The molecule has 1 saturated heterocycles. The molecule has 132 valence electrons. The summed E-state index contributed by atoms with van der Waals surface area (Å²) in [6, 6.07) is 4.38. The molecule has 2 aromatic rings. The molecule has 3 rings (SSSR count). The number of carbonyl (C=O) groups is 1. The molecule has 1 aliphatic heterocycles. The van der Waals surface area contributed by atoms with Gasteiger partial charge in [0.15, 0.2) is 0 Å². The third kappa shape index (κ3) is 3.76. The van der Waals surface area contributed by atoms with E-state index < -0.39 is 0 Å². The van der Waals surface area contributed by atoms with Crippen LogP contribution in [0.5, 0.6) is 0 Å². The minimum atomic E-state index is 0. The zero-order valence-corrected chi connectivity index (χ0v) is 15.5. The van der Waals surface area contributed by atoms with Crippen molar-refractivity contribution in [1.29, 1.82) is 0 Å². The summed E-state index contributed by atoms with van der Waals surface area (Å²) in [6.07, 6.45) is 4.13. The van der Waals surface area contributed by atoms with Gasteiger partial charge in [-0.05, 0) is 48.9 Å². The lowest BCUT2D eigenvalue weighted by molar-refractivity contribution is -0.131. The van der Waals surface area contributed by atoms with Crippen LogP contribution in [0.25, 0.3) is 11.0 Å². The minimum absolute atomic E-state index is 0. The maximum Gasteiger partial charge on any atom is 0.227 e. The standard InChI is InChI=1S/C19H26N2O2.ClH/c1-12(2)16-9-17-14(11-23-18(17)7-13(16)3)8-19(22)21-6-4-5-15(20)10-21;/h7,9,11-12,15H,4-6,8,10,20H2,1-3H3;1H. The summed E-state index contributed by atoms with van der Waals surface area (Å²) in [4.78, 5) is 14.5. The van der Waals surface area contributed by atoms with E-state index in [1.54, 1.807) is 6.26 Å². The molecule has 1 aliphatic rings. The molecular weight excluding hydrogens is 324 g/mol. The third-order valence-corrected chi connectivity index (χ3v) is 4.82. The first kappa shape index (κ1) is 18.8. The molecule has 0 spiro atoms. The SMILES string of the molecule is Cc1cc2occ(CC(=O)N3CCCC(N)C3)c2cc1C(C)C.Cl. The number of rotatable bonds is 3. The zero-order valence-electron chi connectivity index (χ0n) is 14.7. The van der Waals surface area contributed by atoms with Crippen molar-refractivity contribution in [3.8, 4) is 0 Å². The van der Waals surface area contributed by atoms with Crippen molar-refractivity contribution in [2.24, 2.45) is 5.73 Å². The van der Waals surface area contributed by atoms with E-state index in [1.165, 1.54) is 11.1 Å². The van der Waals surface area contributed by atoms with Crippen molar-refractivity contribution in [3.63, 3.8) is 0 Å². The topological polar surface area (TPSA) is 59.5 Å². The fraction of sp³-hybridized carbons (Fsp3) is 0.526. The van der Waals surface area contributed by atoms with Crippen LogP contribution in [0.15, 0.2) is 22.8 Å². The molecule has 0 bridgehead atoms. The number of furan rings is 1. The van der Waals surface area contributed by atoms with Crippen LogP contribution in [-0.2, 0) is 11.2 Å². The summed E-state index contributed by atoms with van der Waals surface area (Å²) in [5, 5.41) is 1.06. The molecule has 4 nitrogen and oxygen atoms in total. The highest BCUT2D eigenvalue weighted by atomic mass is 35.5. The number of likely N-dealkylation sites (tertiary alicyclic amines) is 1. The maximum atomic E-state index is 12.6. The minimum Gasteiger partial charge on any atom is -0.464 e. The molecular formula is C19H27ClN2O2. The first-order valence-corrected chi connectivity index (χ1v) is 8.49. The Morgan fingerprint density at radius 2 is 2.17 bits per heavy atom. The van der Waals surface area contributed by atoms with Gasteiger partial charge >= 0.3 is 0 Å². The van der Waals surface area contributed by atoms with Crippen molar-refractivity contribution in [1.82, 2.24) is 4.90 Å². The number of hydrogen-bond acceptors (Lipinski definition) is 3. The summed E-state index contributed by atoms with van der Waals surface area (Å²) < 4.78 is 5.68. The van der Waals surface area contributed by atoms with E-state index in [1.807, 2.05) is 4.90 Å². The molecule has 1 aromatic carbocycles. The molecule has 2 N–H and O–H groups in total. The second-order valence-corrected chi connectivity index (χ2v) is 7.04. The average Bonchev–Trinajstić information content (AvgIpc) is 2.88. The Morgan fingerprint density at radius 1 is 1.42 bits per heavy atom. The van der Waals surface area contributed by atoms with E-state index >= 15 is 0 Å². The van der Waals surface area contributed by atoms with E-state index in [9.17, 15) is 4.79 Å². The second kappa shape index (κ2) is 7.58. The van der Waals surface area contributed by atoms with Crippen LogP contribution < -0.4 is 5.73 Å². The van der Waals surface area contributed by atoms with Crippen LogP contribution in [0, 0.1) is 6.92 Å². The highest BCUT2D eigenvalue weighted by Gasteiger charge is 2.22. The Morgan fingerprint density at radius 3 is 2.83 bits per heavy atom. The fourth-order valence-corrected chi connectivity index (χ4v) is 3.51. The summed E-state index contributed by atoms with van der Waals surface area (Å²) in [5.41, 5.74) is 10.4. The van der Waals surface area contributed by atoms with Gasteiger partial charge in [0.05, 0.1) is 12.7 Å². The smallest absolute Gasteiger partial charge is 0.227 e. The van der Waals surface area contributed by atoms with Crippen molar-refractivity contribution < 1.29 is 9.21 Å². The van der Waals surface area contributed by atoms with Gasteiger partial charge < -0.3 is 15.1 Å². The highest BCUT2D eigenvalue weighted by molar-refractivity contribution is 5.88. The fourth-order valence-electron chi connectivity index (χ4n) is 3.51. The van der Waals surface area contributed by atoms with Crippen LogP contribution in [0.1, 0.15) is 49.3 Å². The number of nitrogens with two attached hydrogens (primary N) is 1. The highest BCUT2D eigenvalue weighted by Crippen LogP contribution is 2.29. The summed E-state index contributed by atoms with van der Waals surface area (Å²) in [7, 11) is 0. The number of piperidine rings is 1. The molecule has 0 aliphatic carbocycles. The summed E-state index contributed by atoms with van der Waals surface area (Å²) >= 11 is 0. The molecule has 1 amide bonds. The lowest BCUT2D eigenvalue weighted by atomic mass is 9.95. The van der Waals surface area contributed by atoms with Gasteiger partial charge in [-0.25, -0.2) is 0 Å². The average molecular weight is 351 g/mol. The quantitative estimate of drug-likeness (QED) is 0.916. The zero-order chi connectivity index (χ0) is 16.6. The van der Waals surface area contributed by atoms with Crippen LogP contribution in [-0.4, -0.2) is 29.9 Å². The van der Waals surface area contributed by atoms with E-state index in [4.69, 9.17) is 10.2 Å². The summed E-state index contributed by atoms with van der Waals surface area (Å²) in [6.45, 7) is 7.98. The molecule has 1 fully saturated rings. The normalized spacial score (nSPS) is 18.0. The lowest BCUT2D eigenvalue weighted by Crippen LogP contribution is -2.46. The van der Waals surface area contributed by atoms with E-state index in [-0.39, 0.29) is 24.4 Å². The van der Waals surface area contributed by atoms with Gasteiger partial charge in [0.25, 0.3) is 0 Å². The van der Waals surface area contributed by atoms with E-state index in [0.717, 1.165) is 35.9 Å². The van der Waals surface area contributed by atoms with Gasteiger partial charge in [0.1, 0.15) is 5.58 Å². The van der Waals surface area contributed by atoms with E-state index in [2.05, 4.69) is 32.9 Å². The predicted octanol–water partition coefficient (Wildman–Crippen LogP) is 3.78. The molecule has 1 aromatic heterocycles. The number of amides is 1. The van der Waals surface area contributed by atoms with Crippen LogP contribution in [0.2, 0.25) is 0 Å². The Hall–Kier alpha value is -1.52. The first-order chi connectivity index (χ1) is 11.0. The molecule has 1 atom stereocenters. The van der Waals surface area contributed by atoms with Gasteiger partial charge in [-0.15, -0.1) is 12.4 Å². The van der Waals surface area contributed by atoms with E-state index in [0.29, 0.717) is 18.9 Å². The number of halogens is 1. The second-order valence-electron chi connectivity index (χ2n) is 7.04. The molecule has 5 heteroatoms. The third-order valence-electron chi connectivity index (χ3n) is 4.82. The monoisotopic (exact) mass is 350 g/mol. The number of carbonyl (C=O) groups excluding carboxylic acids is 1. The lowest BCUT2D eigenvalue weighted by Gasteiger charge is -2.30. The first-order valence-electron chi connectivity index (χ1n) is 8.49. The van der Waals surface area contributed by atoms with Crippen LogP contribution in [0.3, 0.4) is 0 Å². The van der Waals surface area contributed by atoms with Crippen molar-refractivity contribution >= 4 is 29.3 Å². The Labute approximate surface area is 149 Å². The van der Waals surface area contributed by atoms with Crippen LogP contribution >= 0.6 is 12.4 Å². The molecule has 0 radical (unpaired) electrons. The van der Waals surface area contributed by atoms with Crippen molar-refractivity contribution in [2.75, 3.05) is 13.1 Å². The number of nitrogens with zero attached hydrogens (tertiary/aromatic N) is 1. The Kier molecular flexibility index (Phi) is 5.94. The van der Waals surface area contributed by atoms with Crippen molar-refractivity contribution in [3.05, 3.63) is 35.1 Å². The molecule has 24 heavy (non-hydrogen) atoms.